The minimum Gasteiger partial charge on any atom is -0.505 e. The van der Waals surface area contributed by atoms with Crippen molar-refractivity contribution in [2.75, 3.05) is 12.0 Å². The van der Waals surface area contributed by atoms with Gasteiger partial charge in [-0.3, -0.25) is 18.9 Å². The first-order chi connectivity index (χ1) is 21.4. The van der Waals surface area contributed by atoms with Gasteiger partial charge in [-0.15, -0.1) is 0 Å². The summed E-state index contributed by atoms with van der Waals surface area (Å²) >= 11 is 1.27. The van der Waals surface area contributed by atoms with Gasteiger partial charge in [-0.1, -0.05) is 59.9 Å². The number of hydrogen-bond acceptors (Lipinski definition) is 8. The number of carbonyl (C=O) groups excluding carboxylic acids is 2. The van der Waals surface area contributed by atoms with Crippen molar-refractivity contribution in [2.45, 2.75) is 19.6 Å². The van der Waals surface area contributed by atoms with E-state index in [0.717, 1.165) is 10.3 Å². The second-order valence-electron chi connectivity index (χ2n) is 10.3. The van der Waals surface area contributed by atoms with Gasteiger partial charge in [0, 0.05) is 6.20 Å². The van der Waals surface area contributed by atoms with E-state index in [1.165, 1.54) is 16.2 Å². The molecule has 1 fully saturated rings. The smallest absolute Gasteiger partial charge is 0.301 e. The Morgan fingerprint density at radius 1 is 0.932 bits per heavy atom. The third-order valence-corrected chi connectivity index (χ3v) is 8.60. The van der Waals surface area contributed by atoms with E-state index in [-0.39, 0.29) is 11.3 Å². The molecule has 1 aliphatic heterocycles. The van der Waals surface area contributed by atoms with Crippen LogP contribution in [-0.4, -0.2) is 38.3 Å². The lowest BCUT2D eigenvalue weighted by atomic mass is 9.96. The van der Waals surface area contributed by atoms with Gasteiger partial charge in [-0.2, -0.15) is 0 Å². The molecule has 0 spiro atoms. The molecule has 1 unspecified atom stereocenters. The second-order valence-corrected chi connectivity index (χ2v) is 11.3. The summed E-state index contributed by atoms with van der Waals surface area (Å²) in [6.07, 6.45) is 1.76. The molecule has 1 saturated heterocycles. The Kier molecular flexibility index (Phi) is 6.83. The number of fused-ring (bicyclic) bond motifs is 2. The zero-order chi connectivity index (χ0) is 30.4. The number of Topliss-reactive ketones (excluding diaryl/α,β-unsaturated/α-hetero) is 1. The van der Waals surface area contributed by atoms with E-state index in [4.69, 9.17) is 14.5 Å². The molecule has 3 aromatic carbocycles. The number of pyridine rings is 1. The van der Waals surface area contributed by atoms with Crippen molar-refractivity contribution in [2.24, 2.45) is 0 Å². The molecule has 1 atom stereocenters. The van der Waals surface area contributed by atoms with Crippen LogP contribution in [0.4, 0.5) is 5.13 Å². The molecule has 218 valence electrons. The summed E-state index contributed by atoms with van der Waals surface area (Å²) in [6, 6.07) is 26.9. The molecule has 10 heteroatoms. The van der Waals surface area contributed by atoms with Crippen LogP contribution in [0.15, 0.2) is 103 Å². The van der Waals surface area contributed by atoms with Gasteiger partial charge in [0.15, 0.2) is 10.9 Å². The lowest BCUT2D eigenvalue weighted by Gasteiger charge is -2.23. The van der Waals surface area contributed by atoms with Gasteiger partial charge in [0.25, 0.3) is 5.78 Å². The molecule has 9 nitrogen and oxygen atoms in total. The lowest BCUT2D eigenvalue weighted by Crippen LogP contribution is -2.29. The van der Waals surface area contributed by atoms with Crippen LogP contribution in [0.1, 0.15) is 28.6 Å². The molecule has 1 aliphatic rings. The second kappa shape index (κ2) is 11.0. The number of aromatic nitrogens is 3. The topological polar surface area (TPSA) is 106 Å². The number of nitrogens with zero attached hydrogens (tertiary/aromatic N) is 4. The average molecular weight is 603 g/mol. The zero-order valence-electron chi connectivity index (χ0n) is 23.8. The molecule has 0 bridgehead atoms. The Hall–Kier alpha value is -5.48. The Morgan fingerprint density at radius 3 is 2.57 bits per heavy atom. The zero-order valence-corrected chi connectivity index (χ0v) is 24.6. The van der Waals surface area contributed by atoms with Crippen molar-refractivity contribution in [3.8, 4) is 11.5 Å². The molecule has 1 amide bonds. The predicted octanol–water partition coefficient (Wildman–Crippen LogP) is 6.47. The Balaban J connectivity index is 1.39. The number of amides is 1. The van der Waals surface area contributed by atoms with Gasteiger partial charge in [0.1, 0.15) is 29.4 Å². The first-order valence-electron chi connectivity index (χ1n) is 13.9. The highest BCUT2D eigenvalue weighted by Gasteiger charge is 2.48. The van der Waals surface area contributed by atoms with Crippen LogP contribution in [0, 0.1) is 6.92 Å². The third-order valence-electron chi connectivity index (χ3n) is 7.59. The number of rotatable bonds is 7. The number of methoxy groups -OCH3 is 1. The minimum atomic E-state index is -0.980. The van der Waals surface area contributed by atoms with Crippen LogP contribution in [0.5, 0.6) is 11.5 Å². The molecule has 0 aliphatic carbocycles. The minimum absolute atomic E-state index is 0.0548. The molecule has 3 aromatic heterocycles. The number of imidazole rings is 1. The molecule has 0 saturated carbocycles. The highest BCUT2D eigenvalue weighted by atomic mass is 32.1. The largest absolute Gasteiger partial charge is 0.505 e. The highest BCUT2D eigenvalue weighted by molar-refractivity contribution is 7.22. The monoisotopic (exact) mass is 602 g/mol. The van der Waals surface area contributed by atoms with Crippen molar-refractivity contribution in [3.05, 3.63) is 125 Å². The number of carbonyl (C=O) groups is 2. The van der Waals surface area contributed by atoms with Crippen molar-refractivity contribution in [3.63, 3.8) is 0 Å². The Morgan fingerprint density at radius 2 is 1.75 bits per heavy atom. The number of ketones is 1. The SMILES string of the molecule is COc1ccc2nc(N3C(=O)C(=O)/C(=C(/O)c4c(C)nc5ccccn45)C3c3cccc(OCc4ccccc4)c3)sc2c1. The van der Waals surface area contributed by atoms with Crippen molar-refractivity contribution < 1.29 is 24.2 Å². The highest BCUT2D eigenvalue weighted by Crippen LogP contribution is 2.45. The Bertz CT molecular complexity index is 2100. The third kappa shape index (κ3) is 4.65. The van der Waals surface area contributed by atoms with E-state index in [9.17, 15) is 14.7 Å². The molecule has 1 N–H and O–H groups in total. The first-order valence-corrected chi connectivity index (χ1v) is 14.7. The summed E-state index contributed by atoms with van der Waals surface area (Å²) in [7, 11) is 1.58. The number of aryl methyl sites for hydroxylation is 1. The summed E-state index contributed by atoms with van der Waals surface area (Å²) in [4.78, 5) is 38.3. The fourth-order valence-electron chi connectivity index (χ4n) is 5.51. The number of aliphatic hydroxyl groups excluding tert-OH is 1. The maximum atomic E-state index is 13.9. The number of hydrogen-bond donors (Lipinski definition) is 1. The van der Waals surface area contributed by atoms with E-state index >= 15 is 0 Å². The molecule has 0 radical (unpaired) electrons. The van der Waals surface area contributed by atoms with Gasteiger partial charge >= 0.3 is 5.91 Å². The molecular weight excluding hydrogens is 576 g/mol. The Labute approximate surface area is 256 Å². The van der Waals surface area contributed by atoms with E-state index in [1.54, 1.807) is 48.9 Å². The summed E-state index contributed by atoms with van der Waals surface area (Å²) in [6.45, 7) is 2.09. The van der Waals surface area contributed by atoms with Crippen LogP contribution in [0.3, 0.4) is 0 Å². The maximum Gasteiger partial charge on any atom is 0.301 e. The maximum absolute atomic E-state index is 13.9. The van der Waals surface area contributed by atoms with Crippen LogP contribution in [0.25, 0.3) is 21.6 Å². The lowest BCUT2D eigenvalue weighted by molar-refractivity contribution is -0.132. The summed E-state index contributed by atoms with van der Waals surface area (Å²) in [5.41, 5.74) is 3.65. The summed E-state index contributed by atoms with van der Waals surface area (Å²) in [5.74, 6) is -0.713. The molecule has 44 heavy (non-hydrogen) atoms. The van der Waals surface area contributed by atoms with Gasteiger partial charge in [-0.25, -0.2) is 9.97 Å². The molecular formula is C34H26N4O5S. The van der Waals surface area contributed by atoms with Crippen LogP contribution in [0.2, 0.25) is 0 Å². The van der Waals surface area contributed by atoms with E-state index in [0.29, 0.717) is 51.4 Å². The number of benzene rings is 3. The average Bonchev–Trinajstić information content (AvgIpc) is 3.70. The predicted molar refractivity (Wildman–Crippen MR) is 168 cm³/mol. The van der Waals surface area contributed by atoms with Crippen molar-refractivity contribution in [1.82, 2.24) is 14.4 Å². The van der Waals surface area contributed by atoms with Crippen molar-refractivity contribution in [1.29, 1.82) is 0 Å². The quantitative estimate of drug-likeness (QED) is 0.127. The van der Waals surface area contributed by atoms with Crippen LogP contribution >= 0.6 is 11.3 Å². The van der Waals surface area contributed by atoms with Crippen LogP contribution in [-0.2, 0) is 16.2 Å². The normalized spacial score (nSPS) is 16.2. The van der Waals surface area contributed by atoms with Gasteiger partial charge in [0.2, 0.25) is 0 Å². The van der Waals surface area contributed by atoms with Gasteiger partial charge in [0.05, 0.1) is 34.6 Å². The molecule has 7 rings (SSSR count). The van der Waals surface area contributed by atoms with E-state index < -0.39 is 17.7 Å². The number of aliphatic hydroxyl groups is 1. The first kappa shape index (κ1) is 27.4. The van der Waals surface area contributed by atoms with Gasteiger partial charge in [-0.05, 0) is 60.5 Å². The van der Waals surface area contributed by atoms with Crippen molar-refractivity contribution >= 4 is 49.8 Å². The van der Waals surface area contributed by atoms with Gasteiger partial charge < -0.3 is 14.6 Å². The standard InChI is InChI=1S/C34H26N4O5S/c1-20-29(37-16-7-6-13-27(37)35-20)31(39)28-30(22-11-8-12-24(17-22)43-19-21-9-4-3-5-10-21)38(33(41)32(28)40)34-36-25-15-14-23(42-2)18-26(25)44-34/h3-18,30,39H,19H2,1-2H3/b31-28+. The molecule has 4 heterocycles. The van der Waals surface area contributed by atoms with E-state index in [2.05, 4.69) is 4.98 Å². The fraction of sp³-hybridized carbons (Fsp3) is 0.118. The number of thiazole rings is 1. The van der Waals surface area contributed by atoms with E-state index in [1.807, 2.05) is 66.7 Å². The fourth-order valence-corrected chi connectivity index (χ4v) is 6.53. The summed E-state index contributed by atoms with van der Waals surface area (Å²) < 4.78 is 14.0. The summed E-state index contributed by atoms with van der Waals surface area (Å²) in [5, 5.41) is 12.2. The molecule has 6 aromatic rings. The van der Waals surface area contributed by atoms with Crippen LogP contribution < -0.4 is 14.4 Å². The number of anilines is 1. The number of ether oxygens (including phenoxy) is 2.